The Kier molecular flexibility index (Phi) is 4.75. The third-order valence-electron chi connectivity index (χ3n) is 4.79. The lowest BCUT2D eigenvalue weighted by atomic mass is 9.96. The number of aromatic nitrogens is 3. The number of nitriles is 1. The summed E-state index contributed by atoms with van der Waals surface area (Å²) in [6.07, 6.45) is 2.58. The van der Waals surface area contributed by atoms with Crippen molar-refractivity contribution in [2.45, 2.75) is 19.4 Å². The van der Waals surface area contributed by atoms with E-state index in [4.69, 9.17) is 0 Å². The first-order chi connectivity index (χ1) is 14.6. The molecule has 0 aliphatic heterocycles. The minimum Gasteiger partial charge on any atom is -0.384 e. The Morgan fingerprint density at radius 1 is 1.03 bits per heavy atom. The number of hydrogen-bond donors (Lipinski definition) is 1. The zero-order chi connectivity index (χ0) is 22.5. The van der Waals surface area contributed by atoms with Crippen molar-refractivity contribution < 1.29 is 22.7 Å². The van der Waals surface area contributed by atoms with Crippen LogP contribution in [0.2, 0.25) is 0 Å². The van der Waals surface area contributed by atoms with Crippen LogP contribution >= 0.6 is 0 Å². The summed E-state index contributed by atoms with van der Waals surface area (Å²) in [4.78, 5) is 7.99. The van der Waals surface area contributed by atoms with Crippen molar-refractivity contribution in [3.8, 4) is 28.5 Å². The molecule has 0 saturated heterocycles. The minimum absolute atomic E-state index is 0.112. The SMILES string of the molecule is CC(C)(O)c1ncn2c(-c3ccc(F)c(-c4c(F)cc(F)cc4C#N)c3)cnc2c1F. The molecule has 1 N–H and O–H groups in total. The Morgan fingerprint density at radius 3 is 2.45 bits per heavy atom. The van der Waals surface area contributed by atoms with Gasteiger partial charge in [-0.2, -0.15) is 5.26 Å². The zero-order valence-corrected chi connectivity index (χ0v) is 16.3. The average Bonchev–Trinajstić information content (AvgIpc) is 3.12. The summed E-state index contributed by atoms with van der Waals surface area (Å²) < 4.78 is 58.6. The van der Waals surface area contributed by atoms with Gasteiger partial charge in [0.2, 0.25) is 0 Å². The van der Waals surface area contributed by atoms with E-state index >= 15 is 0 Å². The first kappa shape index (κ1) is 20.5. The first-order valence-corrected chi connectivity index (χ1v) is 9.05. The van der Waals surface area contributed by atoms with Crippen molar-refractivity contribution in [3.05, 3.63) is 77.4 Å². The average molecular weight is 426 g/mol. The number of rotatable bonds is 3. The van der Waals surface area contributed by atoms with Gasteiger partial charge in [0.1, 0.15) is 35.1 Å². The van der Waals surface area contributed by atoms with Gasteiger partial charge in [0.15, 0.2) is 11.5 Å². The van der Waals surface area contributed by atoms with Gasteiger partial charge in [-0.3, -0.25) is 4.40 Å². The van der Waals surface area contributed by atoms with Crippen molar-refractivity contribution in [1.29, 1.82) is 5.26 Å². The number of benzene rings is 2. The van der Waals surface area contributed by atoms with Gasteiger partial charge in [0, 0.05) is 22.8 Å². The molecule has 0 spiro atoms. The number of halogens is 4. The lowest BCUT2D eigenvalue weighted by Gasteiger charge is -2.17. The summed E-state index contributed by atoms with van der Waals surface area (Å²) in [5, 5.41) is 19.3. The highest BCUT2D eigenvalue weighted by Crippen LogP contribution is 2.34. The predicted molar refractivity (Wildman–Crippen MR) is 104 cm³/mol. The molecule has 0 atom stereocenters. The molecule has 0 radical (unpaired) electrons. The van der Waals surface area contributed by atoms with Crippen LogP contribution in [0.1, 0.15) is 25.1 Å². The van der Waals surface area contributed by atoms with E-state index in [0.29, 0.717) is 17.3 Å². The second-order valence-electron chi connectivity index (χ2n) is 7.42. The van der Waals surface area contributed by atoms with Crippen LogP contribution in [0.3, 0.4) is 0 Å². The number of fused-ring (bicyclic) bond motifs is 1. The standard InChI is InChI=1S/C22H14F4N4O/c1-22(2,31)20-19(26)21-28-9-17(30(21)10-29-20)11-3-4-15(24)14(6-11)18-12(8-27)5-13(23)7-16(18)25/h3-7,9-10,31H,1-2H3. The molecule has 5 nitrogen and oxygen atoms in total. The topological polar surface area (TPSA) is 74.2 Å². The van der Waals surface area contributed by atoms with Gasteiger partial charge in [0.25, 0.3) is 0 Å². The summed E-state index contributed by atoms with van der Waals surface area (Å²) >= 11 is 0. The zero-order valence-electron chi connectivity index (χ0n) is 16.3. The molecule has 4 rings (SSSR count). The third kappa shape index (κ3) is 3.41. The normalized spacial score (nSPS) is 11.7. The van der Waals surface area contributed by atoms with E-state index in [-0.39, 0.29) is 28.0 Å². The Labute approximate surface area is 173 Å². The van der Waals surface area contributed by atoms with Crippen LogP contribution in [-0.2, 0) is 5.60 Å². The Balaban J connectivity index is 1.92. The molecule has 4 aromatic rings. The van der Waals surface area contributed by atoms with E-state index in [1.165, 1.54) is 42.9 Å². The number of hydrogen-bond acceptors (Lipinski definition) is 4. The lowest BCUT2D eigenvalue weighted by molar-refractivity contribution is 0.0694. The Morgan fingerprint density at radius 2 is 1.77 bits per heavy atom. The minimum atomic E-state index is -1.53. The summed E-state index contributed by atoms with van der Waals surface area (Å²) in [6, 6.07) is 6.74. The summed E-state index contributed by atoms with van der Waals surface area (Å²) in [6.45, 7) is 2.77. The largest absolute Gasteiger partial charge is 0.384 e. The fourth-order valence-electron chi connectivity index (χ4n) is 3.37. The molecule has 0 saturated carbocycles. The molecule has 0 amide bonds. The van der Waals surface area contributed by atoms with E-state index in [0.717, 1.165) is 12.1 Å². The van der Waals surface area contributed by atoms with Crippen LogP contribution in [-0.4, -0.2) is 19.5 Å². The maximum absolute atomic E-state index is 14.8. The highest BCUT2D eigenvalue weighted by Gasteiger charge is 2.26. The molecule has 0 fully saturated rings. The molecule has 2 aromatic heterocycles. The second-order valence-corrected chi connectivity index (χ2v) is 7.42. The maximum Gasteiger partial charge on any atom is 0.190 e. The highest BCUT2D eigenvalue weighted by atomic mass is 19.1. The monoisotopic (exact) mass is 426 g/mol. The summed E-state index contributed by atoms with van der Waals surface area (Å²) in [5.74, 6) is -3.69. The Hall–Kier alpha value is -3.77. The van der Waals surface area contributed by atoms with Crippen molar-refractivity contribution in [2.75, 3.05) is 0 Å². The van der Waals surface area contributed by atoms with E-state index < -0.39 is 28.9 Å². The van der Waals surface area contributed by atoms with Crippen molar-refractivity contribution in [1.82, 2.24) is 14.4 Å². The van der Waals surface area contributed by atoms with Gasteiger partial charge < -0.3 is 5.11 Å². The van der Waals surface area contributed by atoms with E-state index in [9.17, 15) is 27.9 Å². The molecule has 2 heterocycles. The smallest absolute Gasteiger partial charge is 0.190 e. The van der Waals surface area contributed by atoms with Gasteiger partial charge in [-0.1, -0.05) is 0 Å². The van der Waals surface area contributed by atoms with E-state index in [2.05, 4.69) is 9.97 Å². The van der Waals surface area contributed by atoms with Crippen LogP contribution in [0, 0.1) is 34.6 Å². The molecule has 0 aliphatic rings. The predicted octanol–water partition coefficient (Wildman–Crippen LogP) is 4.72. The quantitative estimate of drug-likeness (QED) is 0.481. The van der Waals surface area contributed by atoms with Gasteiger partial charge in [-0.05, 0) is 38.1 Å². The molecule has 0 bridgehead atoms. The number of imidazole rings is 1. The van der Waals surface area contributed by atoms with Gasteiger partial charge in [0.05, 0.1) is 23.5 Å². The van der Waals surface area contributed by atoms with Crippen molar-refractivity contribution in [2.24, 2.45) is 0 Å². The summed E-state index contributed by atoms with van der Waals surface area (Å²) in [7, 11) is 0. The third-order valence-corrected chi connectivity index (χ3v) is 4.79. The van der Waals surface area contributed by atoms with Gasteiger partial charge >= 0.3 is 0 Å². The summed E-state index contributed by atoms with van der Waals surface area (Å²) in [5.41, 5.74) is -2.21. The fourth-order valence-corrected chi connectivity index (χ4v) is 3.37. The Bertz CT molecular complexity index is 1380. The van der Waals surface area contributed by atoms with Crippen LogP contribution in [0.15, 0.2) is 42.9 Å². The molecular weight excluding hydrogens is 412 g/mol. The van der Waals surface area contributed by atoms with Crippen molar-refractivity contribution >= 4 is 5.65 Å². The number of nitrogens with zero attached hydrogens (tertiary/aromatic N) is 4. The van der Waals surface area contributed by atoms with E-state index in [1.807, 2.05) is 0 Å². The maximum atomic E-state index is 14.8. The molecule has 9 heteroatoms. The van der Waals surface area contributed by atoms with Crippen LogP contribution < -0.4 is 0 Å². The molecule has 156 valence electrons. The second kappa shape index (κ2) is 7.18. The molecule has 2 aromatic carbocycles. The fraction of sp³-hybridized carbons (Fsp3) is 0.136. The van der Waals surface area contributed by atoms with Crippen molar-refractivity contribution in [3.63, 3.8) is 0 Å². The highest BCUT2D eigenvalue weighted by molar-refractivity contribution is 5.77. The van der Waals surface area contributed by atoms with Crippen LogP contribution in [0.5, 0.6) is 0 Å². The first-order valence-electron chi connectivity index (χ1n) is 9.05. The van der Waals surface area contributed by atoms with Gasteiger partial charge in [-0.25, -0.2) is 27.5 Å². The number of aliphatic hydroxyl groups is 1. The molecule has 0 aliphatic carbocycles. The molecular formula is C22H14F4N4O. The molecule has 0 unspecified atom stereocenters. The van der Waals surface area contributed by atoms with Crippen LogP contribution in [0.4, 0.5) is 17.6 Å². The van der Waals surface area contributed by atoms with Gasteiger partial charge in [-0.15, -0.1) is 0 Å². The van der Waals surface area contributed by atoms with Crippen LogP contribution in [0.25, 0.3) is 28.0 Å². The van der Waals surface area contributed by atoms with E-state index in [1.54, 1.807) is 6.07 Å². The molecule has 31 heavy (non-hydrogen) atoms. The lowest BCUT2D eigenvalue weighted by Crippen LogP contribution is -2.20.